The van der Waals surface area contributed by atoms with Crippen LogP contribution in [-0.2, 0) is 60.7 Å². The van der Waals surface area contributed by atoms with Crippen LogP contribution in [0.3, 0.4) is 0 Å². The van der Waals surface area contributed by atoms with Crippen LogP contribution >= 0.6 is 200 Å². The predicted octanol–water partition coefficient (Wildman–Crippen LogP) is 25.1. The van der Waals surface area contributed by atoms with Gasteiger partial charge in [-0.25, -0.2) is 0 Å². The number of Topliss-reactive ketones (excluding diaryl/α,β-unsaturated/α-hetero) is 2. The van der Waals surface area contributed by atoms with Gasteiger partial charge in [0.25, 0.3) is 0 Å². The molecule has 2 aliphatic rings. The molecule has 8 aromatic rings. The maximum Gasteiger partial charge on any atom is 0.534 e. The normalized spacial score (nSPS) is 16.4. The average Bonchev–Trinajstić information content (AvgIpc) is 1.65. The molecule has 530 valence electrons. The zero-order chi connectivity index (χ0) is 93.4. The molecule has 0 bridgehead atoms. The van der Waals surface area contributed by atoms with Crippen LogP contribution < -0.4 is 0 Å². The van der Waals surface area contributed by atoms with E-state index < -0.39 is 160 Å². The first-order valence-corrected chi connectivity index (χ1v) is 37.3. The van der Waals surface area contributed by atoms with Crippen molar-refractivity contribution in [2.24, 2.45) is 0 Å². The molecule has 1 heterocycles. The topological polar surface area (TPSA) is 130 Å². The second kappa shape index (κ2) is 52.4. The summed E-state index contributed by atoms with van der Waals surface area (Å²) in [5.41, 5.74) is -5.14. The van der Waals surface area contributed by atoms with E-state index in [2.05, 4.69) is 158 Å². The van der Waals surface area contributed by atoms with Crippen molar-refractivity contribution < 1.29 is 126 Å². The summed E-state index contributed by atoms with van der Waals surface area (Å²) >= 11 is 34.0. The van der Waals surface area contributed by atoms with Gasteiger partial charge in [-0.05, 0) is 116 Å². The van der Waals surface area contributed by atoms with E-state index in [4.69, 9.17) is 78.4 Å². The van der Waals surface area contributed by atoms with E-state index in [0.29, 0.717) is 43.6 Å². The van der Waals surface area contributed by atoms with Crippen LogP contribution in [0.1, 0.15) is 156 Å². The van der Waals surface area contributed by atoms with Crippen LogP contribution in [0.25, 0.3) is 16.8 Å². The summed E-state index contributed by atoms with van der Waals surface area (Å²) in [6.45, 7) is 19.2. The molecule has 0 amide bonds. The first-order chi connectivity index (χ1) is 55.1. The molecule has 1 aliphatic carbocycles. The molecule has 1 fully saturated rings. The Bertz CT molecular complexity index is 5280. The molecular weight excluding hydrogens is 2190 g/mol. The number of aldehydes is 2. The monoisotopic (exact) mass is 2280 g/mol. The number of hydrogen-bond donors (Lipinski definition) is 0. The molecule has 0 unspecified atom stereocenters. The van der Waals surface area contributed by atoms with E-state index in [0.717, 1.165) is 10.7 Å². The van der Waals surface area contributed by atoms with Gasteiger partial charge >= 0.3 is 22.7 Å². The van der Waals surface area contributed by atoms with Crippen molar-refractivity contribution >= 4 is 258 Å². The zero-order valence-corrected chi connectivity index (χ0v) is 73.6. The van der Waals surface area contributed by atoms with Crippen molar-refractivity contribution in [1.29, 1.82) is 0 Å². The summed E-state index contributed by atoms with van der Waals surface area (Å²) in [6, 6.07) is 2.18. The first kappa shape index (κ1) is 63.5. The molecule has 1 saturated heterocycles. The van der Waals surface area contributed by atoms with E-state index in [1.54, 1.807) is 42.5 Å². The van der Waals surface area contributed by atoms with Crippen LogP contribution in [0.5, 0.6) is 0 Å². The van der Waals surface area contributed by atoms with Crippen LogP contribution in [0.4, 0.5) is 13.2 Å². The Morgan fingerprint density at radius 1 is 0.687 bits per heavy atom. The molecule has 0 saturated carbocycles. The fourth-order valence-electron chi connectivity index (χ4n) is 6.77. The molecule has 1 aliphatic heterocycles. The number of fused-ring (bicyclic) bond motifs is 1. The number of halogens is 13. The maximum absolute atomic E-state index is 12.2. The van der Waals surface area contributed by atoms with Crippen molar-refractivity contribution in [3.8, 4) is 0 Å². The molecular formula is C72H70BBrCl3F3I6O9S2V2-2. The van der Waals surface area contributed by atoms with Gasteiger partial charge in [-0.3, -0.25) is 24.1 Å². The third-order valence-corrected chi connectivity index (χ3v) is 14.2. The molecule has 0 N–H and O–H groups in total. The third-order valence-electron chi connectivity index (χ3n) is 11.8. The molecule has 2 radical (unpaired) electrons. The Morgan fingerprint density at radius 2 is 1.05 bits per heavy atom. The van der Waals surface area contributed by atoms with E-state index in [1.807, 2.05) is 50.3 Å². The number of rotatable bonds is 11. The molecule has 27 heteroatoms. The number of carbonyl (C=O) groups excluding carboxylic acids is 4. The fraction of sp³-hybridized carbons (Fsp3) is 0.167. The summed E-state index contributed by atoms with van der Waals surface area (Å²) in [6.07, 6.45) is 1.43. The minimum atomic E-state index is -6.05. The van der Waals surface area contributed by atoms with Gasteiger partial charge in [0.1, 0.15) is 5.70 Å². The van der Waals surface area contributed by atoms with Gasteiger partial charge in [-0.2, -0.15) is 35.1 Å². The summed E-state index contributed by atoms with van der Waals surface area (Å²) in [5.74, 6) is -2.41. The van der Waals surface area contributed by atoms with Crippen molar-refractivity contribution in [3.05, 3.63) is 313 Å². The van der Waals surface area contributed by atoms with E-state index in [1.165, 1.54) is 21.5 Å². The van der Waals surface area contributed by atoms with Crippen molar-refractivity contribution in [1.82, 2.24) is 0 Å². The minimum Gasteiger partial charge on any atom is -0.399 e. The fourth-order valence-corrected chi connectivity index (χ4v) is 8.08. The number of benzene rings is 8. The minimum absolute atomic E-state index is 0. The molecule has 0 spiro atoms. The smallest absolute Gasteiger partial charge is 0.399 e. The quantitative estimate of drug-likeness (QED) is 0.0143. The van der Waals surface area contributed by atoms with Crippen LogP contribution in [0, 0.1) is 12.4 Å². The summed E-state index contributed by atoms with van der Waals surface area (Å²) in [7, 11) is -6.90. The molecule has 9 nitrogen and oxygen atoms in total. The van der Waals surface area contributed by atoms with Crippen molar-refractivity contribution in [2.45, 2.75) is 63.6 Å². The Balaban J connectivity index is -0.00000140. The number of hydrogen-bond acceptors (Lipinski definition) is 9. The largest absolute Gasteiger partial charge is 0.534 e. The predicted molar refractivity (Wildman–Crippen MR) is 459 cm³/mol. The molecule has 1 atom stereocenters. The second-order valence-corrected chi connectivity index (χ2v) is 37.5. The first-order valence-electron chi connectivity index (χ1n) is 38.2. The standard InChI is InChI=1S/2C15H11ClO.C14H19BO2.C9H7F3O3S.C8H8O.C7H4BrClO.CHI3.CH2I2.CH2I.CH3.H2S.2V/c16-11-6-7-12-13(9-15(17)14(12)8-11)10-4-2-1-3-5-10;1-11(12-5-3-2-4-6-12)15-8-7-14(16)9-13(15)10-17;1-11(12-9-7-6-8-10-12)15-16-13(2,3)14(4,5)17-15;1-7(8-5-3-2-4-6-8)15-16(13,14)9(10,11)12;1-7(9)8-5-3-2-4-6-8;8-7-2-1-6(9)3-5(7)4-10;2-1(3)4;2-1-3;1-2;;;;/h1-8,13H,9H2;2-10H,1H2;6-10H,1H2,2-5H3;2-6H,1H2;2-6H,1H3;1-4H;1H;1H2;1H2;1H3;1H2;;/q;;;;;;;;2*-1;;;/t13-;;;;;;;;;;;;/m0............/s1/i1D,2D,3D,4D,5D;2D,3D,4D,5D,6D;6D,7D,8D,9D,10D;2*2D,3D,4D,5D,6D;;;;;;;;. The number of alkyl halides is 8. The second-order valence-electron chi connectivity index (χ2n) is 18.5. The summed E-state index contributed by atoms with van der Waals surface area (Å²) in [4.78, 5) is 47.9. The van der Waals surface area contributed by atoms with E-state index in [-0.39, 0.29) is 157 Å². The van der Waals surface area contributed by atoms with Crippen LogP contribution in [-0.4, -0.2) is 58.8 Å². The Hall–Kier alpha value is -1.57. The SMILES string of the molecule is IC(I)I.ICI.O=Cc1cc(Cl)ccc1Br.S.[2H]c1c([2H])c([2H])c(C(=C)B2OC(C)(C)C(C)(C)O2)c([2H])c1[2H].[2H]c1c([2H])c([2H])c(C(=C)OS(=O)(=O)C(F)(F)F)c([2H])c1[2H].[2H]c1c([2H])c([2H])c(C(=C)c2ccc(Cl)cc2C=O)c([2H])c1[2H].[2H]c1c([2H])c([2H])c(C(C)=O)c([2H])c1[2H].[2H]c1c([2H])c([2H])c([C@@H]2CC(=O)c3cc(Cl)ccc32)c([2H])c1[2H].[CH2-]I.[CH3-].[V].[V]. The van der Waals surface area contributed by atoms with Crippen LogP contribution in [0.15, 0.2) is 230 Å². The van der Waals surface area contributed by atoms with Crippen molar-refractivity contribution in [2.75, 3.05) is 2.43 Å². The van der Waals surface area contributed by atoms with Crippen LogP contribution in [0.2, 0.25) is 15.1 Å². The Kier molecular flexibility index (Phi) is 33.6. The average molecular weight is 2290 g/mol. The van der Waals surface area contributed by atoms with Gasteiger partial charge in [-0.15, -0.1) is 0 Å². The van der Waals surface area contributed by atoms with Gasteiger partial charge in [0.2, 0.25) is 0 Å². The molecule has 8 aromatic carbocycles. The zero-order valence-electron chi connectivity index (χ0n) is 77.2. The van der Waals surface area contributed by atoms with E-state index >= 15 is 0 Å². The van der Waals surface area contributed by atoms with Gasteiger partial charge < -0.3 is 43.5 Å². The number of ketones is 2. The number of carbonyl (C=O) groups is 4. The Morgan fingerprint density at radius 3 is 1.45 bits per heavy atom. The molecule has 0 aromatic heterocycles. The Labute approximate surface area is 753 Å². The van der Waals surface area contributed by atoms with Gasteiger partial charge in [0.05, 0.1) is 47.9 Å². The summed E-state index contributed by atoms with van der Waals surface area (Å²) < 4.78 is 267. The van der Waals surface area contributed by atoms with Gasteiger partial charge in [0.15, 0.2) is 24.1 Å². The van der Waals surface area contributed by atoms with Gasteiger partial charge in [-0.1, -0.05) is 347 Å². The molecule has 99 heavy (non-hydrogen) atoms. The maximum atomic E-state index is 12.2. The van der Waals surface area contributed by atoms with Gasteiger partial charge in [0, 0.05) is 96.8 Å². The summed E-state index contributed by atoms with van der Waals surface area (Å²) in [5, 5.41) is 1.37. The third kappa shape index (κ3) is 36.1. The molecule has 10 rings (SSSR count). The van der Waals surface area contributed by atoms with Crippen molar-refractivity contribution in [3.63, 3.8) is 0 Å². The van der Waals surface area contributed by atoms with E-state index in [9.17, 15) is 40.8 Å².